The zero-order valence-electron chi connectivity index (χ0n) is 13.6. The van der Waals surface area contributed by atoms with Crippen LogP contribution in [-0.2, 0) is 11.3 Å². The van der Waals surface area contributed by atoms with Gasteiger partial charge in [-0.15, -0.1) is 11.8 Å². The van der Waals surface area contributed by atoms with Gasteiger partial charge in [0.25, 0.3) is 0 Å². The Labute approximate surface area is 136 Å². The molecule has 1 aromatic rings. The van der Waals surface area contributed by atoms with E-state index in [0.29, 0.717) is 13.1 Å². The molecule has 0 aliphatic carbocycles. The maximum atomic E-state index is 12.0. The first-order valence-corrected chi connectivity index (χ1v) is 8.66. The minimum absolute atomic E-state index is 0.235. The summed E-state index contributed by atoms with van der Waals surface area (Å²) in [6, 6.07) is 0.268. The lowest BCUT2D eigenvalue weighted by Gasteiger charge is -2.24. The third-order valence-electron chi connectivity index (χ3n) is 3.33. The van der Waals surface area contributed by atoms with Crippen LogP contribution in [0.1, 0.15) is 32.9 Å². The summed E-state index contributed by atoms with van der Waals surface area (Å²) in [5, 5.41) is 4.40. The number of thioether (sulfide) groups is 1. The highest BCUT2D eigenvalue weighted by Gasteiger charge is 2.29. The minimum atomic E-state index is -0.449. The van der Waals surface area contributed by atoms with Gasteiger partial charge in [-0.3, -0.25) is 4.98 Å². The normalized spacial score (nSPS) is 18.5. The lowest BCUT2D eigenvalue weighted by atomic mass is 10.2. The van der Waals surface area contributed by atoms with Gasteiger partial charge in [-0.05, 0) is 33.4 Å². The summed E-state index contributed by atoms with van der Waals surface area (Å²) in [5.41, 5.74) is 0.501. The van der Waals surface area contributed by atoms with Crippen molar-refractivity contribution in [3.8, 4) is 0 Å². The number of carbonyl (C=O) groups excluding carboxylic acids is 1. The first-order chi connectivity index (χ1) is 10.4. The first-order valence-electron chi connectivity index (χ1n) is 7.44. The van der Waals surface area contributed by atoms with Gasteiger partial charge in [0.2, 0.25) is 0 Å². The zero-order valence-corrected chi connectivity index (χ0v) is 14.4. The van der Waals surface area contributed by atoms with E-state index in [1.807, 2.05) is 27.0 Å². The average molecular weight is 324 g/mol. The number of hydrogen-bond donors (Lipinski definition) is 1. The molecule has 1 aliphatic rings. The van der Waals surface area contributed by atoms with Crippen LogP contribution in [0.4, 0.5) is 4.79 Å². The van der Waals surface area contributed by atoms with Crippen LogP contribution in [-0.4, -0.2) is 51.9 Å². The molecule has 122 valence electrons. The van der Waals surface area contributed by atoms with E-state index in [0.717, 1.165) is 23.7 Å². The average Bonchev–Trinajstić information content (AvgIpc) is 2.92. The van der Waals surface area contributed by atoms with Crippen molar-refractivity contribution in [1.82, 2.24) is 20.2 Å². The SMILES string of the molecule is CSc1nccnc1CN[C@H]1CCN(C(=O)OC(C)(C)C)C1. The number of nitrogens with one attached hydrogen (secondary N) is 1. The molecule has 1 saturated heterocycles. The van der Waals surface area contributed by atoms with Crippen LogP contribution in [0, 0.1) is 0 Å². The van der Waals surface area contributed by atoms with Crippen LogP contribution in [0.25, 0.3) is 0 Å². The Morgan fingerprint density at radius 2 is 2.18 bits per heavy atom. The molecular weight excluding hydrogens is 300 g/mol. The quantitative estimate of drug-likeness (QED) is 0.857. The number of nitrogens with zero attached hydrogens (tertiary/aromatic N) is 3. The second-order valence-corrected chi connectivity index (χ2v) is 7.10. The van der Waals surface area contributed by atoms with Gasteiger partial charge in [0.05, 0.1) is 5.69 Å². The largest absolute Gasteiger partial charge is 0.444 e. The summed E-state index contributed by atoms with van der Waals surface area (Å²) in [6.45, 7) is 7.71. The lowest BCUT2D eigenvalue weighted by Crippen LogP contribution is -2.38. The molecule has 1 N–H and O–H groups in total. The second-order valence-electron chi connectivity index (χ2n) is 6.31. The van der Waals surface area contributed by atoms with Gasteiger partial charge in [-0.25, -0.2) is 9.78 Å². The van der Waals surface area contributed by atoms with Gasteiger partial charge in [0, 0.05) is 38.1 Å². The topological polar surface area (TPSA) is 67.4 Å². The fourth-order valence-electron chi connectivity index (χ4n) is 2.31. The molecule has 0 unspecified atom stereocenters. The molecule has 22 heavy (non-hydrogen) atoms. The standard InChI is InChI=1S/C15H24N4O2S/c1-15(2,3)21-14(20)19-8-5-11(10-19)18-9-12-13(22-4)17-7-6-16-12/h6-7,11,18H,5,8-10H2,1-4H3/t11-/m0/s1. The fraction of sp³-hybridized carbons (Fsp3) is 0.667. The molecule has 0 aromatic carbocycles. The van der Waals surface area contributed by atoms with Crippen molar-refractivity contribution in [3.63, 3.8) is 0 Å². The zero-order chi connectivity index (χ0) is 16.2. The summed E-state index contributed by atoms with van der Waals surface area (Å²) < 4.78 is 5.40. The van der Waals surface area contributed by atoms with Crippen molar-refractivity contribution in [3.05, 3.63) is 18.1 Å². The Balaban J connectivity index is 1.83. The van der Waals surface area contributed by atoms with Crippen molar-refractivity contribution in [2.75, 3.05) is 19.3 Å². The van der Waals surface area contributed by atoms with E-state index in [1.54, 1.807) is 29.1 Å². The maximum absolute atomic E-state index is 12.0. The molecule has 0 radical (unpaired) electrons. The van der Waals surface area contributed by atoms with Gasteiger partial charge in [-0.1, -0.05) is 0 Å². The van der Waals surface area contributed by atoms with Crippen LogP contribution in [0.2, 0.25) is 0 Å². The third-order valence-corrected chi connectivity index (χ3v) is 4.05. The lowest BCUT2D eigenvalue weighted by molar-refractivity contribution is 0.0291. The Kier molecular flexibility index (Phi) is 5.63. The van der Waals surface area contributed by atoms with Crippen molar-refractivity contribution in [1.29, 1.82) is 0 Å². The summed E-state index contributed by atoms with van der Waals surface area (Å²) in [4.78, 5) is 22.5. The van der Waals surface area contributed by atoms with Crippen molar-refractivity contribution < 1.29 is 9.53 Å². The summed E-state index contributed by atoms with van der Waals surface area (Å²) in [5.74, 6) is 0. The van der Waals surface area contributed by atoms with Crippen LogP contribution >= 0.6 is 11.8 Å². The predicted octanol–water partition coefficient (Wildman–Crippen LogP) is 2.30. The van der Waals surface area contributed by atoms with E-state index >= 15 is 0 Å². The van der Waals surface area contributed by atoms with Crippen molar-refractivity contribution >= 4 is 17.9 Å². The molecular formula is C15H24N4O2S. The van der Waals surface area contributed by atoms with Gasteiger partial charge in [0.1, 0.15) is 10.6 Å². The van der Waals surface area contributed by atoms with Crippen LogP contribution in [0.5, 0.6) is 0 Å². The fourth-order valence-corrected chi connectivity index (χ4v) is 2.83. The van der Waals surface area contributed by atoms with E-state index in [9.17, 15) is 4.79 Å². The van der Waals surface area contributed by atoms with Gasteiger partial charge in [-0.2, -0.15) is 0 Å². The number of hydrogen-bond acceptors (Lipinski definition) is 6. The number of aromatic nitrogens is 2. The molecule has 1 aromatic heterocycles. The number of amides is 1. The second kappa shape index (κ2) is 7.28. The summed E-state index contributed by atoms with van der Waals surface area (Å²) in [7, 11) is 0. The monoisotopic (exact) mass is 324 g/mol. The number of likely N-dealkylation sites (tertiary alicyclic amines) is 1. The molecule has 1 atom stereocenters. The molecule has 7 heteroatoms. The number of ether oxygens (including phenoxy) is 1. The van der Waals surface area contributed by atoms with Crippen LogP contribution in [0.3, 0.4) is 0 Å². The van der Waals surface area contributed by atoms with Crippen LogP contribution < -0.4 is 5.32 Å². The Morgan fingerprint density at radius 1 is 1.45 bits per heavy atom. The molecule has 1 fully saturated rings. The highest BCUT2D eigenvalue weighted by Crippen LogP contribution is 2.17. The van der Waals surface area contributed by atoms with Gasteiger partial charge >= 0.3 is 6.09 Å². The molecule has 2 heterocycles. The van der Waals surface area contributed by atoms with E-state index < -0.39 is 5.60 Å². The van der Waals surface area contributed by atoms with Crippen molar-refractivity contribution in [2.45, 2.75) is 50.4 Å². The number of rotatable bonds is 4. The molecule has 0 bridgehead atoms. The first kappa shape index (κ1) is 17.0. The Bertz CT molecular complexity index is 519. The highest BCUT2D eigenvalue weighted by atomic mass is 32.2. The molecule has 1 aliphatic heterocycles. The molecule has 0 spiro atoms. The maximum Gasteiger partial charge on any atom is 0.410 e. The minimum Gasteiger partial charge on any atom is -0.444 e. The van der Waals surface area contributed by atoms with E-state index in [2.05, 4.69) is 15.3 Å². The van der Waals surface area contributed by atoms with E-state index in [1.165, 1.54) is 0 Å². The molecule has 6 nitrogen and oxygen atoms in total. The van der Waals surface area contributed by atoms with E-state index in [4.69, 9.17) is 4.74 Å². The third kappa shape index (κ3) is 4.84. The van der Waals surface area contributed by atoms with E-state index in [-0.39, 0.29) is 12.1 Å². The molecule has 2 rings (SSSR count). The number of carbonyl (C=O) groups is 1. The summed E-state index contributed by atoms with van der Waals surface area (Å²) in [6.07, 6.45) is 6.09. The predicted molar refractivity (Wildman–Crippen MR) is 86.9 cm³/mol. The van der Waals surface area contributed by atoms with Gasteiger partial charge < -0.3 is 15.0 Å². The Morgan fingerprint density at radius 3 is 2.86 bits per heavy atom. The van der Waals surface area contributed by atoms with Crippen molar-refractivity contribution in [2.24, 2.45) is 0 Å². The molecule has 0 saturated carbocycles. The smallest absolute Gasteiger partial charge is 0.410 e. The summed E-state index contributed by atoms with van der Waals surface area (Å²) >= 11 is 1.59. The Hall–Kier alpha value is -1.34. The van der Waals surface area contributed by atoms with Gasteiger partial charge in [0.15, 0.2) is 0 Å². The van der Waals surface area contributed by atoms with Crippen LogP contribution in [0.15, 0.2) is 17.4 Å². The molecule has 1 amide bonds. The highest BCUT2D eigenvalue weighted by molar-refractivity contribution is 7.98.